The minimum Gasteiger partial charge on any atom is -0.368 e. The second-order valence-corrected chi connectivity index (χ2v) is 4.73. The molecule has 0 saturated heterocycles. The van der Waals surface area contributed by atoms with Crippen LogP contribution in [0.3, 0.4) is 0 Å². The molecule has 102 valence electrons. The van der Waals surface area contributed by atoms with Crippen LogP contribution >= 0.6 is 0 Å². The first-order valence-corrected chi connectivity index (χ1v) is 6.49. The van der Waals surface area contributed by atoms with Crippen molar-refractivity contribution in [2.75, 3.05) is 13.1 Å². The fourth-order valence-electron chi connectivity index (χ4n) is 2.38. The number of rotatable bonds is 4. The highest BCUT2D eigenvalue weighted by Gasteiger charge is 2.27. The number of nitrogens with two attached hydrogens (primary N) is 1. The first kappa shape index (κ1) is 13.5. The van der Waals surface area contributed by atoms with E-state index in [0.717, 1.165) is 0 Å². The van der Waals surface area contributed by atoms with Crippen LogP contribution in [0.25, 0.3) is 0 Å². The molecule has 3 N–H and O–H groups in total. The number of primary amides is 1. The van der Waals surface area contributed by atoms with Crippen LogP contribution in [0.4, 0.5) is 0 Å². The number of benzene rings is 1. The van der Waals surface area contributed by atoms with Crippen LogP contribution in [-0.4, -0.2) is 35.8 Å². The van der Waals surface area contributed by atoms with Crippen molar-refractivity contribution >= 4 is 11.8 Å². The Hall–Kier alpha value is -1.88. The van der Waals surface area contributed by atoms with Gasteiger partial charge in [0.05, 0.1) is 12.6 Å². The van der Waals surface area contributed by atoms with Gasteiger partial charge in [-0.15, -0.1) is 0 Å². The minimum absolute atomic E-state index is 0.0187. The number of amides is 2. The molecule has 0 bridgehead atoms. The number of likely N-dealkylation sites (N-methyl/N-ethyl adjacent to an activating group) is 1. The quantitative estimate of drug-likeness (QED) is 0.803. The maximum Gasteiger partial charge on any atom is 0.240 e. The number of nitrogens with zero attached hydrogens (tertiary/aromatic N) is 1. The molecule has 0 aromatic heterocycles. The van der Waals surface area contributed by atoms with Gasteiger partial charge in [-0.25, -0.2) is 0 Å². The third kappa shape index (κ3) is 3.12. The summed E-state index contributed by atoms with van der Waals surface area (Å²) in [6.45, 7) is 3.00. The number of nitrogens with one attached hydrogen (secondary N) is 1. The van der Waals surface area contributed by atoms with Crippen molar-refractivity contribution in [2.24, 2.45) is 5.73 Å². The normalized spacial score (nSPS) is 17.6. The lowest BCUT2D eigenvalue weighted by Crippen LogP contribution is -2.51. The van der Waals surface area contributed by atoms with Crippen molar-refractivity contribution in [3.8, 4) is 0 Å². The molecule has 0 aliphatic carbocycles. The van der Waals surface area contributed by atoms with Gasteiger partial charge in [0, 0.05) is 13.1 Å². The van der Waals surface area contributed by atoms with Gasteiger partial charge in [-0.3, -0.25) is 9.59 Å². The lowest BCUT2D eigenvalue weighted by molar-refractivity contribution is -0.137. The molecule has 2 amide bonds. The highest BCUT2D eigenvalue weighted by atomic mass is 16.2. The van der Waals surface area contributed by atoms with E-state index in [9.17, 15) is 9.59 Å². The molecule has 5 nitrogen and oxygen atoms in total. The summed E-state index contributed by atoms with van der Waals surface area (Å²) in [6, 6.07) is 7.81. The molecule has 0 fully saturated rings. The molecular formula is C14H19N3O2. The first-order chi connectivity index (χ1) is 9.11. The Kier molecular flexibility index (Phi) is 4.16. The summed E-state index contributed by atoms with van der Waals surface area (Å²) in [5.74, 6) is -0.540. The van der Waals surface area contributed by atoms with Crippen LogP contribution in [0.15, 0.2) is 24.3 Å². The smallest absolute Gasteiger partial charge is 0.240 e. The van der Waals surface area contributed by atoms with Gasteiger partial charge in [0.2, 0.25) is 11.8 Å². The molecule has 1 aliphatic heterocycles. The van der Waals surface area contributed by atoms with Crippen LogP contribution in [0, 0.1) is 0 Å². The van der Waals surface area contributed by atoms with Crippen molar-refractivity contribution in [1.29, 1.82) is 0 Å². The Balaban J connectivity index is 2.07. The highest BCUT2D eigenvalue weighted by Crippen LogP contribution is 2.17. The van der Waals surface area contributed by atoms with E-state index in [4.69, 9.17) is 5.73 Å². The van der Waals surface area contributed by atoms with Gasteiger partial charge < -0.3 is 16.0 Å². The summed E-state index contributed by atoms with van der Waals surface area (Å²) >= 11 is 0. The minimum atomic E-state index is -0.480. The molecule has 0 spiro atoms. The molecule has 0 unspecified atom stereocenters. The predicted molar refractivity (Wildman–Crippen MR) is 72.2 cm³/mol. The van der Waals surface area contributed by atoms with Gasteiger partial charge in [0.25, 0.3) is 0 Å². The van der Waals surface area contributed by atoms with Crippen LogP contribution in [0.2, 0.25) is 0 Å². The molecule has 1 atom stereocenters. The van der Waals surface area contributed by atoms with E-state index in [1.165, 1.54) is 16.0 Å². The number of carbonyl (C=O) groups is 2. The van der Waals surface area contributed by atoms with Gasteiger partial charge in [-0.1, -0.05) is 24.3 Å². The standard InChI is InChI=1S/C14H19N3O2/c1-2-17(9-13(15)18)14(19)12-7-10-5-3-4-6-11(10)8-16-12/h3-6,12,16H,2,7-9H2,1H3,(H2,15,18)/t12-/m1/s1. The molecule has 1 aromatic carbocycles. The summed E-state index contributed by atoms with van der Waals surface area (Å²) in [6.07, 6.45) is 0.657. The average molecular weight is 261 g/mol. The van der Waals surface area contributed by atoms with Gasteiger partial charge in [-0.05, 0) is 24.5 Å². The summed E-state index contributed by atoms with van der Waals surface area (Å²) in [5.41, 5.74) is 7.58. The Labute approximate surface area is 112 Å². The van der Waals surface area contributed by atoms with Gasteiger partial charge in [0.1, 0.15) is 0 Å². The van der Waals surface area contributed by atoms with E-state index >= 15 is 0 Å². The zero-order valence-electron chi connectivity index (χ0n) is 11.1. The fourth-order valence-corrected chi connectivity index (χ4v) is 2.38. The molecule has 2 rings (SSSR count). The van der Waals surface area contributed by atoms with E-state index in [2.05, 4.69) is 11.4 Å². The number of fused-ring (bicyclic) bond motifs is 1. The molecule has 5 heteroatoms. The number of carbonyl (C=O) groups excluding carboxylic acids is 2. The first-order valence-electron chi connectivity index (χ1n) is 6.49. The molecule has 1 heterocycles. The third-order valence-corrected chi connectivity index (χ3v) is 3.42. The van der Waals surface area contributed by atoms with Gasteiger partial charge >= 0.3 is 0 Å². The average Bonchev–Trinajstić information content (AvgIpc) is 2.43. The van der Waals surface area contributed by atoms with Crippen LogP contribution < -0.4 is 11.1 Å². The summed E-state index contributed by atoms with van der Waals surface area (Å²) < 4.78 is 0. The largest absolute Gasteiger partial charge is 0.368 e. The van der Waals surface area contributed by atoms with Crippen molar-refractivity contribution in [1.82, 2.24) is 10.2 Å². The Morgan fingerprint density at radius 2 is 2.05 bits per heavy atom. The van der Waals surface area contributed by atoms with E-state index in [1.807, 2.05) is 25.1 Å². The zero-order chi connectivity index (χ0) is 13.8. The van der Waals surface area contributed by atoms with E-state index in [0.29, 0.717) is 19.5 Å². The Morgan fingerprint density at radius 1 is 1.37 bits per heavy atom. The third-order valence-electron chi connectivity index (χ3n) is 3.42. The van der Waals surface area contributed by atoms with E-state index in [1.54, 1.807) is 0 Å². The molecule has 0 radical (unpaired) electrons. The monoisotopic (exact) mass is 261 g/mol. The SMILES string of the molecule is CCN(CC(N)=O)C(=O)[C@H]1Cc2ccccc2CN1. The lowest BCUT2D eigenvalue weighted by atomic mass is 9.95. The van der Waals surface area contributed by atoms with Crippen molar-refractivity contribution in [3.05, 3.63) is 35.4 Å². The van der Waals surface area contributed by atoms with Gasteiger partial charge in [-0.2, -0.15) is 0 Å². The predicted octanol–water partition coefficient (Wildman–Crippen LogP) is 0.0347. The maximum atomic E-state index is 12.3. The Bertz CT molecular complexity index is 487. The van der Waals surface area contributed by atoms with Crippen molar-refractivity contribution in [3.63, 3.8) is 0 Å². The molecule has 1 aliphatic rings. The Morgan fingerprint density at radius 3 is 2.68 bits per heavy atom. The maximum absolute atomic E-state index is 12.3. The highest BCUT2D eigenvalue weighted by molar-refractivity contribution is 5.87. The lowest BCUT2D eigenvalue weighted by Gasteiger charge is -2.29. The van der Waals surface area contributed by atoms with Gasteiger partial charge in [0.15, 0.2) is 0 Å². The van der Waals surface area contributed by atoms with Crippen molar-refractivity contribution < 1.29 is 9.59 Å². The molecule has 0 saturated carbocycles. The number of hydrogen-bond donors (Lipinski definition) is 2. The molecule has 1 aromatic rings. The second-order valence-electron chi connectivity index (χ2n) is 4.73. The zero-order valence-corrected chi connectivity index (χ0v) is 11.1. The second kappa shape index (κ2) is 5.84. The topological polar surface area (TPSA) is 75.4 Å². The summed E-state index contributed by atoms with van der Waals surface area (Å²) in [7, 11) is 0. The van der Waals surface area contributed by atoms with E-state index in [-0.39, 0.29) is 18.5 Å². The fraction of sp³-hybridized carbons (Fsp3) is 0.429. The summed E-state index contributed by atoms with van der Waals surface area (Å²) in [4.78, 5) is 24.8. The van der Waals surface area contributed by atoms with Crippen LogP contribution in [-0.2, 0) is 22.6 Å². The number of hydrogen-bond acceptors (Lipinski definition) is 3. The molecule has 19 heavy (non-hydrogen) atoms. The van der Waals surface area contributed by atoms with Crippen molar-refractivity contribution in [2.45, 2.75) is 25.9 Å². The summed E-state index contributed by atoms with van der Waals surface area (Å²) in [5, 5.41) is 3.22. The van der Waals surface area contributed by atoms with E-state index < -0.39 is 5.91 Å². The van der Waals surface area contributed by atoms with Crippen LogP contribution in [0.5, 0.6) is 0 Å². The molecular weight excluding hydrogens is 242 g/mol. The van der Waals surface area contributed by atoms with Crippen LogP contribution in [0.1, 0.15) is 18.1 Å².